The predicted octanol–water partition coefficient (Wildman–Crippen LogP) is 5.35. The molecule has 0 saturated carbocycles. The third-order valence-corrected chi connectivity index (χ3v) is 6.21. The normalized spacial score (nSPS) is 12.5. The second-order valence-electron chi connectivity index (χ2n) is 8.74. The zero-order valence-corrected chi connectivity index (χ0v) is 22.0. The highest BCUT2D eigenvalue weighted by Crippen LogP contribution is 2.36. The number of alkyl halides is 3. The van der Waals surface area contributed by atoms with Crippen molar-refractivity contribution in [3.8, 4) is 17.4 Å². The van der Waals surface area contributed by atoms with Crippen LogP contribution in [0.25, 0.3) is 6.08 Å². The van der Waals surface area contributed by atoms with Crippen LogP contribution in [0.3, 0.4) is 0 Å². The van der Waals surface area contributed by atoms with Crippen LogP contribution >= 0.6 is 11.6 Å². The van der Waals surface area contributed by atoms with Gasteiger partial charge in [0.25, 0.3) is 5.91 Å². The van der Waals surface area contributed by atoms with Crippen molar-refractivity contribution < 1.29 is 41.0 Å². The molecule has 13 heteroatoms. The molecule has 0 atom stereocenters. The Kier molecular flexibility index (Phi) is 10.4. The molecule has 204 valence electrons. The Labute approximate surface area is 218 Å². The minimum atomic E-state index is -4.65. The number of pyridine rings is 1. The number of carbonyl (C=O) groups excluding carboxylic acids is 1. The first kappa shape index (κ1) is 30.4. The van der Waals surface area contributed by atoms with Gasteiger partial charge in [-0.05, 0) is 44.5 Å². The van der Waals surface area contributed by atoms with E-state index in [1.54, 1.807) is 0 Å². The van der Waals surface area contributed by atoms with Crippen LogP contribution < -0.4 is 14.2 Å². The van der Waals surface area contributed by atoms with Gasteiger partial charge in [-0.3, -0.25) is 4.79 Å². The number of nitrogens with zero attached hydrogens (tertiary/aromatic N) is 1. The summed E-state index contributed by atoms with van der Waals surface area (Å²) in [4.78, 5) is 15.8. The van der Waals surface area contributed by atoms with Crippen LogP contribution in [0.1, 0.15) is 51.2 Å². The number of halogens is 4. The Hall–Kier alpha value is -2.83. The molecule has 2 N–H and O–H groups in total. The quantitative estimate of drug-likeness (QED) is 0.264. The summed E-state index contributed by atoms with van der Waals surface area (Å²) in [6.45, 7) is 4.89. The van der Waals surface area contributed by atoms with Crippen molar-refractivity contribution in [1.82, 2.24) is 9.71 Å². The second-order valence-corrected chi connectivity index (χ2v) is 11.0. The van der Waals surface area contributed by atoms with Crippen molar-refractivity contribution in [3.63, 3.8) is 0 Å². The topological polar surface area (TPSA) is 115 Å². The van der Waals surface area contributed by atoms with Crippen molar-refractivity contribution in [2.45, 2.75) is 51.8 Å². The lowest BCUT2D eigenvalue weighted by atomic mass is 10.1. The minimum absolute atomic E-state index is 0.00254. The first-order valence-electron chi connectivity index (χ1n) is 11.2. The smallest absolute Gasteiger partial charge is 0.417 e. The fourth-order valence-electron chi connectivity index (χ4n) is 2.80. The van der Waals surface area contributed by atoms with Crippen molar-refractivity contribution in [2.24, 2.45) is 0 Å². The van der Waals surface area contributed by atoms with Gasteiger partial charge in [0.05, 0.1) is 16.9 Å². The van der Waals surface area contributed by atoms with Gasteiger partial charge in [-0.15, -0.1) is 0 Å². The maximum Gasteiger partial charge on any atom is 0.417 e. The van der Waals surface area contributed by atoms with Crippen LogP contribution in [0, 0.1) is 0 Å². The summed E-state index contributed by atoms with van der Waals surface area (Å²) in [6.07, 6.45) is 0.0599. The molecule has 1 aromatic carbocycles. The van der Waals surface area contributed by atoms with Gasteiger partial charge in [-0.2, -0.15) is 13.2 Å². The number of sulfonamides is 1. The van der Waals surface area contributed by atoms with Gasteiger partial charge in [-0.1, -0.05) is 31.4 Å². The van der Waals surface area contributed by atoms with E-state index < -0.39 is 38.3 Å². The lowest BCUT2D eigenvalue weighted by molar-refractivity contribution is -0.137. The highest BCUT2D eigenvalue weighted by atomic mass is 35.5. The number of rotatable bonds is 12. The van der Waals surface area contributed by atoms with Gasteiger partial charge < -0.3 is 14.6 Å². The number of carbonyl (C=O) groups is 1. The average Bonchev–Trinajstić information content (AvgIpc) is 2.77. The summed E-state index contributed by atoms with van der Waals surface area (Å²) in [6, 6.07) is 4.98. The van der Waals surface area contributed by atoms with Gasteiger partial charge in [0.1, 0.15) is 23.1 Å². The van der Waals surface area contributed by atoms with Crippen LogP contribution in [0.5, 0.6) is 17.4 Å². The van der Waals surface area contributed by atoms with Crippen LogP contribution in [-0.2, 0) is 21.0 Å². The first-order chi connectivity index (χ1) is 17.1. The molecule has 2 rings (SSSR count). The standard InChI is InChI=1S/C24H28ClF3N2O6S/c1-4-5-6-11-37(33,34)30-21(31)10-8-16-7-9-18(35-15-23(2,3)32)13-20(16)36-22-19(25)12-17(14-29-22)24(26,27)28/h7-10,12-14,32H,4-6,11,15H2,1-3H3,(H,30,31). The highest BCUT2D eigenvalue weighted by molar-refractivity contribution is 7.90. The van der Waals surface area contributed by atoms with E-state index in [0.717, 1.165) is 12.5 Å². The summed E-state index contributed by atoms with van der Waals surface area (Å²) in [5, 5.41) is 9.48. The summed E-state index contributed by atoms with van der Waals surface area (Å²) in [7, 11) is -3.81. The number of amides is 1. The second kappa shape index (κ2) is 12.6. The largest absolute Gasteiger partial charge is 0.490 e. The van der Waals surface area contributed by atoms with Crippen molar-refractivity contribution in [1.29, 1.82) is 0 Å². The Morgan fingerprint density at radius 2 is 1.92 bits per heavy atom. The maximum atomic E-state index is 12.9. The molecule has 2 aromatic rings. The number of aromatic nitrogens is 1. The SMILES string of the molecule is CCCCCS(=O)(=O)NC(=O)C=Cc1ccc(OCC(C)(C)O)cc1Oc1ncc(C(F)(F)F)cc1Cl. The average molecular weight is 565 g/mol. The summed E-state index contributed by atoms with van der Waals surface area (Å²) in [5.74, 6) is -1.19. The zero-order valence-electron chi connectivity index (χ0n) is 20.4. The monoisotopic (exact) mass is 564 g/mol. The van der Waals surface area contributed by atoms with E-state index in [1.165, 1.54) is 38.1 Å². The van der Waals surface area contributed by atoms with E-state index in [1.807, 2.05) is 11.6 Å². The molecule has 1 amide bonds. The zero-order chi connectivity index (χ0) is 27.9. The molecule has 37 heavy (non-hydrogen) atoms. The fraction of sp³-hybridized carbons (Fsp3) is 0.417. The van der Waals surface area contributed by atoms with E-state index in [-0.39, 0.29) is 35.3 Å². The number of ether oxygens (including phenoxy) is 2. The molecule has 1 heterocycles. The van der Waals surface area contributed by atoms with E-state index >= 15 is 0 Å². The molecule has 0 spiro atoms. The molecule has 0 aliphatic heterocycles. The molecule has 0 fully saturated rings. The Morgan fingerprint density at radius 1 is 1.22 bits per heavy atom. The number of aliphatic hydroxyl groups is 1. The van der Waals surface area contributed by atoms with Crippen LogP contribution in [-0.4, -0.2) is 42.4 Å². The lowest BCUT2D eigenvalue weighted by Crippen LogP contribution is -2.31. The molecule has 0 aliphatic carbocycles. The van der Waals surface area contributed by atoms with Gasteiger partial charge in [0.15, 0.2) is 0 Å². The van der Waals surface area contributed by atoms with Crippen LogP contribution in [0.2, 0.25) is 5.02 Å². The van der Waals surface area contributed by atoms with E-state index in [4.69, 9.17) is 21.1 Å². The Bertz CT molecular complexity index is 1230. The Balaban J connectivity index is 2.32. The lowest BCUT2D eigenvalue weighted by Gasteiger charge is -2.18. The number of benzene rings is 1. The molecule has 1 aromatic heterocycles. The maximum absolute atomic E-state index is 12.9. The van der Waals surface area contributed by atoms with Crippen LogP contribution in [0.4, 0.5) is 13.2 Å². The predicted molar refractivity (Wildman–Crippen MR) is 133 cm³/mol. The first-order valence-corrected chi connectivity index (χ1v) is 13.2. The third kappa shape index (κ3) is 10.6. The van der Waals surface area contributed by atoms with E-state index in [9.17, 15) is 31.5 Å². The number of nitrogens with one attached hydrogen (secondary N) is 1. The van der Waals surface area contributed by atoms with Crippen molar-refractivity contribution in [2.75, 3.05) is 12.4 Å². The molecule has 8 nitrogen and oxygen atoms in total. The number of unbranched alkanes of at least 4 members (excludes halogenated alkanes) is 2. The van der Waals surface area contributed by atoms with E-state index in [0.29, 0.717) is 25.1 Å². The van der Waals surface area contributed by atoms with Gasteiger partial charge in [-0.25, -0.2) is 18.1 Å². The fourth-order valence-corrected chi connectivity index (χ4v) is 4.06. The van der Waals surface area contributed by atoms with Gasteiger partial charge in [0, 0.05) is 23.9 Å². The highest BCUT2D eigenvalue weighted by Gasteiger charge is 2.32. The summed E-state index contributed by atoms with van der Waals surface area (Å²) >= 11 is 5.95. The number of hydrogen-bond acceptors (Lipinski definition) is 7. The molecule has 0 aliphatic rings. The summed E-state index contributed by atoms with van der Waals surface area (Å²) < 4.78 is 76.0. The number of hydrogen-bond donors (Lipinski definition) is 2. The van der Waals surface area contributed by atoms with Gasteiger partial charge >= 0.3 is 6.18 Å². The Morgan fingerprint density at radius 3 is 2.51 bits per heavy atom. The molecule has 0 bridgehead atoms. The van der Waals surface area contributed by atoms with Gasteiger partial charge in [0.2, 0.25) is 15.9 Å². The van der Waals surface area contributed by atoms with Crippen molar-refractivity contribution in [3.05, 3.63) is 52.7 Å². The van der Waals surface area contributed by atoms with Crippen molar-refractivity contribution >= 4 is 33.6 Å². The molecule has 0 saturated heterocycles. The van der Waals surface area contributed by atoms with Crippen LogP contribution in [0.15, 0.2) is 36.5 Å². The minimum Gasteiger partial charge on any atom is -0.490 e. The third-order valence-electron chi connectivity index (χ3n) is 4.61. The molecule has 0 radical (unpaired) electrons. The molecular formula is C24H28ClF3N2O6S. The molecular weight excluding hydrogens is 537 g/mol. The summed E-state index contributed by atoms with van der Waals surface area (Å²) in [5.41, 5.74) is -1.98. The molecule has 0 unspecified atom stereocenters. The van der Waals surface area contributed by atoms with E-state index in [2.05, 4.69) is 4.98 Å².